The summed E-state index contributed by atoms with van der Waals surface area (Å²) >= 11 is 0. The maximum atomic E-state index is 12.8. The third-order valence-electron chi connectivity index (χ3n) is 6.09. The molecule has 0 atom stereocenters. The number of benzene rings is 1. The quantitative estimate of drug-likeness (QED) is 0.450. The van der Waals surface area contributed by atoms with Crippen LogP contribution < -0.4 is 25.8 Å². The molecule has 2 aliphatic rings. The number of nitrogens with two attached hydrogens (primary N) is 1. The first-order chi connectivity index (χ1) is 16.7. The lowest BCUT2D eigenvalue weighted by atomic mass is 9.91. The van der Waals surface area contributed by atoms with Gasteiger partial charge in [0, 0.05) is 37.3 Å². The average molecular weight is 482 g/mol. The molecule has 0 unspecified atom stereocenters. The SMILES string of the molecule is C=C(/N=C1/C=CC=C/C1=C(/N)N(C)C)N[C@H]1CC[C@@H](NC(=O)c2cc(OC)c(O)c(OC)c2)CC1. The Hall–Kier alpha value is -3.88. The number of phenolic OH excluding ortho intramolecular Hbond substituents is 1. The van der Waals surface area contributed by atoms with E-state index in [1.54, 1.807) is 0 Å². The van der Waals surface area contributed by atoms with Crippen molar-refractivity contribution in [3.8, 4) is 17.2 Å². The van der Waals surface area contributed by atoms with Gasteiger partial charge in [-0.05, 0) is 50.0 Å². The highest BCUT2D eigenvalue weighted by molar-refractivity contribution is 6.12. The lowest BCUT2D eigenvalue weighted by Crippen LogP contribution is -2.41. The summed E-state index contributed by atoms with van der Waals surface area (Å²) in [4.78, 5) is 19.3. The molecule has 1 saturated carbocycles. The van der Waals surface area contributed by atoms with Crippen molar-refractivity contribution in [2.75, 3.05) is 28.3 Å². The predicted molar refractivity (Wildman–Crippen MR) is 138 cm³/mol. The number of carbonyl (C=O) groups is 1. The summed E-state index contributed by atoms with van der Waals surface area (Å²) in [5.41, 5.74) is 8.20. The Morgan fingerprint density at radius 1 is 1.06 bits per heavy atom. The molecule has 2 aliphatic carbocycles. The van der Waals surface area contributed by atoms with Crippen LogP contribution in [-0.4, -0.2) is 62.0 Å². The summed E-state index contributed by atoms with van der Waals surface area (Å²) in [6.45, 7) is 4.08. The van der Waals surface area contributed by atoms with Gasteiger partial charge in [0.1, 0.15) is 11.6 Å². The lowest BCUT2D eigenvalue weighted by molar-refractivity contribution is 0.0924. The fourth-order valence-electron chi connectivity index (χ4n) is 4.12. The van der Waals surface area contributed by atoms with Gasteiger partial charge in [-0.2, -0.15) is 0 Å². The van der Waals surface area contributed by atoms with Gasteiger partial charge >= 0.3 is 0 Å². The van der Waals surface area contributed by atoms with Crippen LogP contribution in [0.5, 0.6) is 17.2 Å². The first kappa shape index (κ1) is 25.7. The van der Waals surface area contributed by atoms with Crippen LogP contribution in [0.15, 0.2) is 65.2 Å². The second-order valence-corrected chi connectivity index (χ2v) is 8.75. The van der Waals surface area contributed by atoms with E-state index in [0.717, 1.165) is 37.0 Å². The molecule has 0 bridgehead atoms. The molecule has 0 radical (unpaired) electrons. The van der Waals surface area contributed by atoms with Crippen LogP contribution in [0.1, 0.15) is 36.0 Å². The molecule has 188 valence electrons. The van der Waals surface area contributed by atoms with Crippen molar-refractivity contribution < 1.29 is 19.4 Å². The van der Waals surface area contributed by atoms with Crippen molar-refractivity contribution in [2.45, 2.75) is 37.8 Å². The lowest BCUT2D eigenvalue weighted by Gasteiger charge is -2.30. The normalized spacial score (nSPS) is 21.9. The highest BCUT2D eigenvalue weighted by Gasteiger charge is 2.24. The number of ether oxygens (including phenoxy) is 2. The Bertz CT molecular complexity index is 1050. The Kier molecular flexibility index (Phi) is 8.46. The Balaban J connectivity index is 1.56. The van der Waals surface area contributed by atoms with Crippen LogP contribution in [0.4, 0.5) is 0 Å². The first-order valence-corrected chi connectivity index (χ1v) is 11.6. The van der Waals surface area contributed by atoms with Crippen LogP contribution >= 0.6 is 0 Å². The number of carbonyl (C=O) groups excluding carboxylic acids is 1. The van der Waals surface area contributed by atoms with Crippen molar-refractivity contribution in [3.05, 3.63) is 65.8 Å². The number of phenols is 1. The van der Waals surface area contributed by atoms with Gasteiger partial charge in [0.05, 0.1) is 19.9 Å². The molecule has 1 amide bonds. The molecule has 0 aliphatic heterocycles. The van der Waals surface area contributed by atoms with Gasteiger partial charge < -0.3 is 35.8 Å². The fraction of sp³-hybridized carbons (Fsp3) is 0.385. The minimum absolute atomic E-state index is 0.0479. The molecule has 5 N–H and O–H groups in total. The van der Waals surface area contributed by atoms with Gasteiger partial charge in [0.15, 0.2) is 11.5 Å². The van der Waals surface area contributed by atoms with Gasteiger partial charge in [-0.15, -0.1) is 0 Å². The molecule has 0 heterocycles. The predicted octanol–water partition coefficient (Wildman–Crippen LogP) is 2.81. The standard InChI is InChI=1S/C26H35N5O4/c1-16(29-21-9-7-6-8-20(21)25(27)31(2)3)28-18-10-12-19(13-11-18)30-26(33)17-14-22(34-4)24(32)23(15-17)35-5/h6-9,14-15,18-19,28,32H,1,10-13,27H2,2-5H3,(H,30,33)/b25-20+,29-21-/t18-,19+. The molecule has 35 heavy (non-hydrogen) atoms. The molecule has 0 aromatic heterocycles. The van der Waals surface area contributed by atoms with Crippen molar-refractivity contribution >= 4 is 11.6 Å². The number of hydrogen-bond acceptors (Lipinski definition) is 8. The van der Waals surface area contributed by atoms with E-state index in [2.05, 4.69) is 22.2 Å². The number of allylic oxidation sites excluding steroid dienone is 5. The second-order valence-electron chi connectivity index (χ2n) is 8.75. The van der Waals surface area contributed by atoms with Gasteiger partial charge in [-0.1, -0.05) is 18.7 Å². The number of aliphatic imine (C=N–C) groups is 1. The van der Waals surface area contributed by atoms with E-state index in [4.69, 9.17) is 15.2 Å². The monoisotopic (exact) mass is 481 g/mol. The molecule has 1 fully saturated rings. The molecule has 3 rings (SSSR count). The molecule has 0 saturated heterocycles. The summed E-state index contributed by atoms with van der Waals surface area (Å²) in [7, 11) is 6.65. The van der Waals surface area contributed by atoms with E-state index in [1.165, 1.54) is 26.4 Å². The maximum absolute atomic E-state index is 12.8. The van der Waals surface area contributed by atoms with E-state index >= 15 is 0 Å². The molecule has 9 nitrogen and oxygen atoms in total. The van der Waals surface area contributed by atoms with Gasteiger partial charge in [0.2, 0.25) is 5.75 Å². The first-order valence-electron chi connectivity index (χ1n) is 11.6. The van der Waals surface area contributed by atoms with Crippen molar-refractivity contribution in [2.24, 2.45) is 10.7 Å². The van der Waals surface area contributed by atoms with Gasteiger partial charge in [-0.25, -0.2) is 4.99 Å². The zero-order valence-corrected chi connectivity index (χ0v) is 20.8. The number of hydrogen-bond donors (Lipinski definition) is 4. The minimum atomic E-state index is -0.233. The van der Waals surface area contributed by atoms with E-state index in [9.17, 15) is 9.90 Å². The van der Waals surface area contributed by atoms with Crippen LogP contribution in [-0.2, 0) is 0 Å². The van der Waals surface area contributed by atoms with Crippen molar-refractivity contribution in [1.82, 2.24) is 15.5 Å². The third kappa shape index (κ3) is 6.38. The zero-order chi connectivity index (χ0) is 25.5. The number of amides is 1. The molecule has 1 aromatic rings. The summed E-state index contributed by atoms with van der Waals surface area (Å²) in [6, 6.07) is 3.27. The number of nitrogens with zero attached hydrogens (tertiary/aromatic N) is 2. The van der Waals surface area contributed by atoms with E-state index in [-0.39, 0.29) is 35.2 Å². The number of methoxy groups -OCH3 is 2. The Morgan fingerprint density at radius 3 is 2.14 bits per heavy atom. The highest BCUT2D eigenvalue weighted by Crippen LogP contribution is 2.37. The fourth-order valence-corrected chi connectivity index (χ4v) is 4.12. The Labute approximate surface area is 206 Å². The zero-order valence-electron chi connectivity index (χ0n) is 20.8. The summed E-state index contributed by atoms with van der Waals surface area (Å²) in [5, 5.41) is 16.5. The minimum Gasteiger partial charge on any atom is -0.502 e. The van der Waals surface area contributed by atoms with E-state index in [0.29, 0.717) is 17.2 Å². The number of aromatic hydroxyl groups is 1. The van der Waals surface area contributed by atoms with Gasteiger partial charge in [-0.3, -0.25) is 4.79 Å². The third-order valence-corrected chi connectivity index (χ3v) is 6.09. The topological polar surface area (TPSA) is 121 Å². The largest absolute Gasteiger partial charge is 0.502 e. The summed E-state index contributed by atoms with van der Waals surface area (Å²) in [6.07, 6.45) is 11.1. The number of nitrogens with one attached hydrogen (secondary N) is 2. The van der Waals surface area contributed by atoms with Crippen molar-refractivity contribution in [3.63, 3.8) is 0 Å². The van der Waals surface area contributed by atoms with Crippen molar-refractivity contribution in [1.29, 1.82) is 0 Å². The highest BCUT2D eigenvalue weighted by atomic mass is 16.5. The molecule has 0 spiro atoms. The van der Waals surface area contributed by atoms with E-state index in [1.807, 2.05) is 43.3 Å². The summed E-state index contributed by atoms with van der Waals surface area (Å²) < 4.78 is 10.3. The molecular weight excluding hydrogens is 446 g/mol. The van der Waals surface area contributed by atoms with Crippen LogP contribution in [0, 0.1) is 0 Å². The maximum Gasteiger partial charge on any atom is 0.251 e. The summed E-state index contributed by atoms with van der Waals surface area (Å²) in [5.74, 6) is 1.24. The average Bonchev–Trinajstić information content (AvgIpc) is 2.85. The van der Waals surface area contributed by atoms with Crippen LogP contribution in [0.3, 0.4) is 0 Å². The molecule has 1 aromatic carbocycles. The van der Waals surface area contributed by atoms with Gasteiger partial charge in [0.25, 0.3) is 5.91 Å². The number of rotatable bonds is 8. The molecule has 9 heteroatoms. The molecular formula is C26H35N5O4. The van der Waals surface area contributed by atoms with Crippen LogP contribution in [0.25, 0.3) is 0 Å². The second kappa shape index (κ2) is 11.5. The smallest absolute Gasteiger partial charge is 0.251 e. The van der Waals surface area contributed by atoms with E-state index < -0.39 is 0 Å². The Morgan fingerprint density at radius 2 is 1.60 bits per heavy atom. The van der Waals surface area contributed by atoms with Crippen LogP contribution in [0.2, 0.25) is 0 Å².